The minimum Gasteiger partial charge on any atom is -0.481 e. The number of methoxy groups -OCH3 is 1. The first-order chi connectivity index (χ1) is 16.6. The Morgan fingerprint density at radius 1 is 1.26 bits per heavy atom. The number of fused-ring (bicyclic) bond motifs is 2. The lowest BCUT2D eigenvalue weighted by Crippen LogP contribution is -2.42. The predicted octanol–water partition coefficient (Wildman–Crippen LogP) is 3.01. The summed E-state index contributed by atoms with van der Waals surface area (Å²) in [5, 5.41) is 7.39. The monoisotopic (exact) mass is 482 g/mol. The van der Waals surface area contributed by atoms with E-state index in [9.17, 15) is 9.18 Å². The molecule has 1 amide bonds. The summed E-state index contributed by atoms with van der Waals surface area (Å²) >= 11 is 1.47. The second-order valence-electron chi connectivity index (χ2n) is 8.59. The second kappa shape index (κ2) is 10.2. The summed E-state index contributed by atoms with van der Waals surface area (Å²) in [4.78, 5) is 27.0. The quantitative estimate of drug-likeness (QED) is 0.531. The zero-order chi connectivity index (χ0) is 23.5. The molecule has 10 heteroatoms. The first-order valence-electron chi connectivity index (χ1n) is 11.4. The van der Waals surface area contributed by atoms with Crippen molar-refractivity contribution in [2.45, 2.75) is 36.9 Å². The van der Waals surface area contributed by atoms with Gasteiger partial charge < -0.3 is 20.3 Å². The first kappa shape index (κ1) is 22.9. The maximum Gasteiger partial charge on any atom is 0.234 e. The number of thioether (sulfide) groups is 1. The van der Waals surface area contributed by atoms with Crippen molar-refractivity contribution < 1.29 is 13.9 Å². The van der Waals surface area contributed by atoms with E-state index in [-0.39, 0.29) is 11.7 Å². The average Bonchev–Trinajstić information content (AvgIpc) is 2.87. The molecule has 0 saturated carbocycles. The van der Waals surface area contributed by atoms with Gasteiger partial charge in [0, 0.05) is 37.0 Å². The molecule has 2 aliphatic rings. The van der Waals surface area contributed by atoms with Crippen LogP contribution in [0.25, 0.3) is 11.0 Å². The molecule has 0 aromatic carbocycles. The molecule has 0 unspecified atom stereocenters. The van der Waals surface area contributed by atoms with Crippen LogP contribution in [0.15, 0.2) is 35.6 Å². The Morgan fingerprint density at radius 2 is 2.12 bits per heavy atom. The van der Waals surface area contributed by atoms with Crippen molar-refractivity contribution in [2.24, 2.45) is 0 Å². The highest BCUT2D eigenvalue weighted by Gasteiger charge is 2.21. The lowest BCUT2D eigenvalue weighted by Gasteiger charge is -2.32. The molecular formula is C24H27FN6O2S. The van der Waals surface area contributed by atoms with E-state index in [1.165, 1.54) is 18.0 Å². The fourth-order valence-corrected chi connectivity index (χ4v) is 5.17. The van der Waals surface area contributed by atoms with Crippen LogP contribution in [-0.2, 0) is 17.8 Å². The number of piperidine rings is 1. The van der Waals surface area contributed by atoms with Crippen LogP contribution in [0.1, 0.15) is 24.0 Å². The van der Waals surface area contributed by atoms with E-state index in [4.69, 9.17) is 4.74 Å². The minimum atomic E-state index is -0.321. The van der Waals surface area contributed by atoms with Gasteiger partial charge in [-0.15, -0.1) is 0 Å². The standard InChI is InChI=1S/C24H27FN6O2S/c1-33-22-3-2-19-23(30-22)17(18(25)13-27-19)6-9-31-7-4-16(5-8-31)26-11-15-10-20-24(28-12-15)34-14-21(32)29-20/h2-3,10,12-13,16,26H,4-9,11,14H2,1H3,(H,29,32). The van der Waals surface area contributed by atoms with E-state index in [2.05, 4.69) is 30.5 Å². The molecule has 2 aliphatic heterocycles. The van der Waals surface area contributed by atoms with Gasteiger partial charge in [0.1, 0.15) is 10.8 Å². The molecule has 0 atom stereocenters. The van der Waals surface area contributed by atoms with Crippen LogP contribution in [0.5, 0.6) is 5.88 Å². The summed E-state index contributed by atoms with van der Waals surface area (Å²) in [7, 11) is 1.55. The van der Waals surface area contributed by atoms with Crippen LogP contribution >= 0.6 is 11.8 Å². The molecule has 5 heterocycles. The number of pyridine rings is 3. The number of likely N-dealkylation sites (tertiary alicyclic amines) is 1. The Morgan fingerprint density at radius 3 is 2.94 bits per heavy atom. The molecule has 178 valence electrons. The van der Waals surface area contributed by atoms with Crippen molar-refractivity contribution in [3.8, 4) is 5.88 Å². The third-order valence-corrected chi connectivity index (χ3v) is 7.34. The summed E-state index contributed by atoms with van der Waals surface area (Å²) in [5.74, 6) is 0.581. The van der Waals surface area contributed by atoms with Gasteiger partial charge in [-0.25, -0.2) is 14.4 Å². The van der Waals surface area contributed by atoms with Crippen molar-refractivity contribution in [1.29, 1.82) is 0 Å². The highest BCUT2D eigenvalue weighted by molar-refractivity contribution is 8.00. The Bertz CT molecular complexity index is 1200. The van der Waals surface area contributed by atoms with Gasteiger partial charge in [0.2, 0.25) is 11.8 Å². The molecule has 1 saturated heterocycles. The van der Waals surface area contributed by atoms with Crippen molar-refractivity contribution in [2.75, 3.05) is 37.8 Å². The number of rotatable bonds is 7. The second-order valence-corrected chi connectivity index (χ2v) is 9.55. The molecular weight excluding hydrogens is 455 g/mol. The highest BCUT2D eigenvalue weighted by atomic mass is 32.2. The maximum atomic E-state index is 14.6. The molecule has 1 fully saturated rings. The number of nitrogens with zero attached hydrogens (tertiary/aromatic N) is 4. The summed E-state index contributed by atoms with van der Waals surface area (Å²) in [6.07, 6.45) is 5.78. The number of ether oxygens (including phenoxy) is 1. The highest BCUT2D eigenvalue weighted by Crippen LogP contribution is 2.29. The Balaban J connectivity index is 1.13. The van der Waals surface area contributed by atoms with Gasteiger partial charge >= 0.3 is 0 Å². The van der Waals surface area contributed by atoms with E-state index in [0.29, 0.717) is 47.2 Å². The molecule has 0 bridgehead atoms. The van der Waals surface area contributed by atoms with Crippen LogP contribution in [-0.4, -0.2) is 64.3 Å². The molecule has 0 radical (unpaired) electrons. The van der Waals surface area contributed by atoms with Crippen LogP contribution in [0.4, 0.5) is 10.1 Å². The molecule has 0 spiro atoms. The molecule has 3 aromatic rings. The van der Waals surface area contributed by atoms with Crippen LogP contribution in [0.3, 0.4) is 0 Å². The number of anilines is 1. The summed E-state index contributed by atoms with van der Waals surface area (Å²) in [6.45, 7) is 3.39. The SMILES string of the molecule is COc1ccc2ncc(F)c(CCN3CCC(NCc4cnc5c(c4)NC(=O)CS5)CC3)c2n1. The number of nitrogens with one attached hydrogen (secondary N) is 2. The van der Waals surface area contributed by atoms with Crippen LogP contribution in [0.2, 0.25) is 0 Å². The van der Waals surface area contributed by atoms with E-state index in [1.807, 2.05) is 18.3 Å². The van der Waals surface area contributed by atoms with Crippen LogP contribution in [0, 0.1) is 5.82 Å². The van der Waals surface area contributed by atoms with Crippen molar-refractivity contribution in [3.63, 3.8) is 0 Å². The largest absolute Gasteiger partial charge is 0.481 e. The predicted molar refractivity (Wildman–Crippen MR) is 130 cm³/mol. The normalized spacial score (nSPS) is 16.9. The molecule has 8 nitrogen and oxygen atoms in total. The third kappa shape index (κ3) is 5.13. The molecule has 3 aromatic heterocycles. The Hall–Kier alpha value is -2.82. The zero-order valence-corrected chi connectivity index (χ0v) is 19.8. The van der Waals surface area contributed by atoms with E-state index in [1.54, 1.807) is 13.2 Å². The number of aromatic nitrogens is 3. The summed E-state index contributed by atoms with van der Waals surface area (Å²) < 4.78 is 19.8. The van der Waals surface area contributed by atoms with Gasteiger partial charge in [0.05, 0.1) is 35.8 Å². The maximum absolute atomic E-state index is 14.6. The van der Waals surface area contributed by atoms with Crippen molar-refractivity contribution in [1.82, 2.24) is 25.2 Å². The lowest BCUT2D eigenvalue weighted by molar-refractivity contribution is -0.113. The molecule has 5 rings (SSSR count). The minimum absolute atomic E-state index is 0.0198. The third-order valence-electron chi connectivity index (χ3n) is 6.33. The Kier molecular flexibility index (Phi) is 6.89. The zero-order valence-electron chi connectivity index (χ0n) is 19.0. The number of amides is 1. The molecule has 0 aliphatic carbocycles. The van der Waals surface area contributed by atoms with Gasteiger partial charge in [-0.3, -0.25) is 9.78 Å². The van der Waals surface area contributed by atoms with E-state index < -0.39 is 0 Å². The number of hydrogen-bond donors (Lipinski definition) is 2. The summed E-state index contributed by atoms with van der Waals surface area (Å²) in [5.41, 5.74) is 3.71. The summed E-state index contributed by atoms with van der Waals surface area (Å²) in [6, 6.07) is 5.97. The first-order valence-corrected chi connectivity index (χ1v) is 12.4. The number of halogens is 1. The van der Waals surface area contributed by atoms with Gasteiger partial charge in [-0.05, 0) is 50.0 Å². The van der Waals surface area contributed by atoms with E-state index >= 15 is 0 Å². The fourth-order valence-electron chi connectivity index (χ4n) is 4.44. The van der Waals surface area contributed by atoms with Crippen LogP contribution < -0.4 is 15.4 Å². The van der Waals surface area contributed by atoms with E-state index in [0.717, 1.165) is 48.8 Å². The Labute approximate surface area is 201 Å². The number of carbonyl (C=O) groups excluding carboxylic acids is 1. The smallest absolute Gasteiger partial charge is 0.234 e. The van der Waals surface area contributed by atoms with Gasteiger partial charge in [0.15, 0.2) is 0 Å². The van der Waals surface area contributed by atoms with Gasteiger partial charge in [-0.1, -0.05) is 11.8 Å². The lowest BCUT2D eigenvalue weighted by atomic mass is 10.0. The average molecular weight is 483 g/mol. The number of carbonyl (C=O) groups is 1. The van der Waals surface area contributed by atoms with Crippen molar-refractivity contribution in [3.05, 3.63) is 47.5 Å². The molecule has 34 heavy (non-hydrogen) atoms. The van der Waals surface area contributed by atoms with Crippen molar-refractivity contribution >= 4 is 34.4 Å². The van der Waals surface area contributed by atoms with Gasteiger partial charge in [0.25, 0.3) is 0 Å². The van der Waals surface area contributed by atoms with Gasteiger partial charge in [-0.2, -0.15) is 0 Å². The topological polar surface area (TPSA) is 92.3 Å². The fraction of sp³-hybridized carbons (Fsp3) is 0.417. The number of hydrogen-bond acceptors (Lipinski definition) is 8. The molecule has 2 N–H and O–H groups in total.